The van der Waals surface area contributed by atoms with Gasteiger partial charge < -0.3 is 14.8 Å². The number of fused-ring (bicyclic) bond motifs is 1. The topological polar surface area (TPSA) is 60.7 Å². The van der Waals surface area contributed by atoms with E-state index < -0.39 is 0 Å². The predicted octanol–water partition coefficient (Wildman–Crippen LogP) is 5.50. The monoisotopic (exact) mass is 430 g/mol. The molecule has 0 saturated carbocycles. The number of nitrogens with zero attached hydrogens (tertiary/aromatic N) is 3. The fourth-order valence-electron chi connectivity index (χ4n) is 3.88. The smallest absolute Gasteiger partial charge is 0.165 e. The zero-order valence-electron chi connectivity index (χ0n) is 19.3. The largest absolute Gasteiger partial charge is 0.493 e. The SMILES string of the molecule is COc1ccc(CCNc2cc(C(C)C)nc3c(-c4ccccc4)c(C)nn23)cc1OC. The van der Waals surface area contributed by atoms with Crippen LogP contribution in [0.4, 0.5) is 5.82 Å². The first-order valence-electron chi connectivity index (χ1n) is 10.9. The van der Waals surface area contributed by atoms with Crippen LogP contribution in [0.2, 0.25) is 0 Å². The molecule has 1 N–H and O–H groups in total. The van der Waals surface area contributed by atoms with Gasteiger partial charge in [0.05, 0.1) is 19.9 Å². The lowest BCUT2D eigenvalue weighted by Crippen LogP contribution is -2.11. The average Bonchev–Trinajstić information content (AvgIpc) is 3.15. The van der Waals surface area contributed by atoms with Gasteiger partial charge in [-0.15, -0.1) is 0 Å². The van der Waals surface area contributed by atoms with Crippen LogP contribution in [0, 0.1) is 6.92 Å². The number of nitrogens with one attached hydrogen (secondary N) is 1. The number of hydrogen-bond donors (Lipinski definition) is 1. The van der Waals surface area contributed by atoms with Crippen molar-refractivity contribution in [2.45, 2.75) is 33.1 Å². The minimum atomic E-state index is 0.310. The van der Waals surface area contributed by atoms with E-state index in [1.54, 1.807) is 14.2 Å². The molecule has 0 atom stereocenters. The van der Waals surface area contributed by atoms with Crippen LogP contribution in [0.3, 0.4) is 0 Å². The first-order valence-corrected chi connectivity index (χ1v) is 10.9. The van der Waals surface area contributed by atoms with E-state index in [4.69, 9.17) is 19.6 Å². The molecule has 0 radical (unpaired) electrons. The minimum absolute atomic E-state index is 0.310. The molecule has 166 valence electrons. The zero-order valence-corrected chi connectivity index (χ0v) is 19.3. The Bertz CT molecular complexity index is 1220. The molecule has 0 aliphatic carbocycles. The van der Waals surface area contributed by atoms with E-state index >= 15 is 0 Å². The Labute approximate surface area is 189 Å². The molecule has 6 nitrogen and oxygen atoms in total. The normalized spacial score (nSPS) is 11.2. The van der Waals surface area contributed by atoms with Crippen molar-refractivity contribution in [2.24, 2.45) is 0 Å². The summed E-state index contributed by atoms with van der Waals surface area (Å²) < 4.78 is 12.7. The van der Waals surface area contributed by atoms with Gasteiger partial charge in [0.2, 0.25) is 0 Å². The van der Waals surface area contributed by atoms with E-state index in [-0.39, 0.29) is 0 Å². The van der Waals surface area contributed by atoms with Gasteiger partial charge in [0.25, 0.3) is 0 Å². The van der Waals surface area contributed by atoms with E-state index in [1.165, 1.54) is 5.56 Å². The molecule has 2 aromatic heterocycles. The van der Waals surface area contributed by atoms with Gasteiger partial charge in [-0.3, -0.25) is 0 Å². The fraction of sp³-hybridized carbons (Fsp3) is 0.308. The van der Waals surface area contributed by atoms with E-state index in [0.717, 1.165) is 58.4 Å². The quantitative estimate of drug-likeness (QED) is 0.400. The lowest BCUT2D eigenvalue weighted by Gasteiger charge is -2.13. The molecule has 2 heterocycles. The van der Waals surface area contributed by atoms with Gasteiger partial charge in [0, 0.05) is 23.9 Å². The van der Waals surface area contributed by atoms with Crippen LogP contribution >= 0.6 is 0 Å². The summed E-state index contributed by atoms with van der Waals surface area (Å²) in [4.78, 5) is 4.97. The van der Waals surface area contributed by atoms with Crippen molar-refractivity contribution < 1.29 is 9.47 Å². The van der Waals surface area contributed by atoms with Crippen LogP contribution < -0.4 is 14.8 Å². The van der Waals surface area contributed by atoms with Crippen LogP contribution in [0.25, 0.3) is 16.8 Å². The number of anilines is 1. The Balaban J connectivity index is 1.65. The van der Waals surface area contributed by atoms with Crippen LogP contribution in [0.15, 0.2) is 54.6 Å². The van der Waals surface area contributed by atoms with Crippen molar-refractivity contribution in [1.82, 2.24) is 14.6 Å². The average molecular weight is 431 g/mol. The lowest BCUT2D eigenvalue weighted by atomic mass is 10.1. The van der Waals surface area contributed by atoms with Gasteiger partial charge in [-0.1, -0.05) is 50.2 Å². The Morgan fingerprint density at radius 2 is 1.72 bits per heavy atom. The van der Waals surface area contributed by atoms with Gasteiger partial charge in [0.15, 0.2) is 17.1 Å². The maximum Gasteiger partial charge on any atom is 0.165 e. The minimum Gasteiger partial charge on any atom is -0.493 e. The summed E-state index contributed by atoms with van der Waals surface area (Å²) in [5, 5.41) is 8.40. The summed E-state index contributed by atoms with van der Waals surface area (Å²) in [5.74, 6) is 2.74. The second kappa shape index (κ2) is 9.30. The second-order valence-corrected chi connectivity index (χ2v) is 8.15. The van der Waals surface area contributed by atoms with Crippen LogP contribution in [-0.4, -0.2) is 35.4 Å². The van der Waals surface area contributed by atoms with Gasteiger partial charge in [-0.05, 0) is 42.5 Å². The van der Waals surface area contributed by atoms with Crippen molar-refractivity contribution in [3.8, 4) is 22.6 Å². The highest BCUT2D eigenvalue weighted by molar-refractivity contribution is 5.81. The van der Waals surface area contributed by atoms with Gasteiger partial charge >= 0.3 is 0 Å². The molecule has 0 spiro atoms. The Kier molecular flexibility index (Phi) is 6.30. The third kappa shape index (κ3) is 4.26. The molecule has 4 rings (SSSR count). The van der Waals surface area contributed by atoms with E-state index in [2.05, 4.69) is 43.4 Å². The van der Waals surface area contributed by atoms with Crippen LogP contribution in [0.1, 0.15) is 36.7 Å². The molecule has 0 saturated heterocycles. The molecular formula is C26H30N4O2. The standard InChI is InChI=1S/C26H30N4O2/c1-17(2)21-16-24(27-14-13-19-11-12-22(31-4)23(15-19)32-5)30-26(28-21)25(18(3)29-30)20-9-7-6-8-10-20/h6-12,15-17,27H,13-14H2,1-5H3. The van der Waals surface area contributed by atoms with Crippen molar-refractivity contribution in [2.75, 3.05) is 26.1 Å². The van der Waals surface area contributed by atoms with Gasteiger partial charge in [-0.2, -0.15) is 9.61 Å². The molecule has 0 amide bonds. The maximum absolute atomic E-state index is 5.43. The summed E-state index contributed by atoms with van der Waals surface area (Å²) in [6, 6.07) is 18.5. The van der Waals surface area contributed by atoms with E-state index in [0.29, 0.717) is 5.92 Å². The number of methoxy groups -OCH3 is 2. The van der Waals surface area contributed by atoms with Crippen molar-refractivity contribution >= 4 is 11.5 Å². The second-order valence-electron chi connectivity index (χ2n) is 8.15. The molecule has 2 aromatic carbocycles. The highest BCUT2D eigenvalue weighted by atomic mass is 16.5. The van der Waals surface area contributed by atoms with Gasteiger partial charge in [0.1, 0.15) is 5.82 Å². The van der Waals surface area contributed by atoms with E-state index in [1.807, 2.05) is 41.8 Å². The van der Waals surface area contributed by atoms with Crippen LogP contribution in [-0.2, 0) is 6.42 Å². The number of aryl methyl sites for hydroxylation is 1. The first-order chi connectivity index (χ1) is 15.5. The summed E-state index contributed by atoms with van der Waals surface area (Å²) in [5.41, 5.74) is 6.27. The highest BCUT2D eigenvalue weighted by Gasteiger charge is 2.17. The van der Waals surface area contributed by atoms with E-state index in [9.17, 15) is 0 Å². The summed E-state index contributed by atoms with van der Waals surface area (Å²) in [6.07, 6.45) is 0.840. The lowest BCUT2D eigenvalue weighted by molar-refractivity contribution is 0.354. The Hall–Kier alpha value is -3.54. The Morgan fingerprint density at radius 1 is 0.969 bits per heavy atom. The number of ether oxygens (including phenoxy) is 2. The summed E-state index contributed by atoms with van der Waals surface area (Å²) in [7, 11) is 3.31. The van der Waals surface area contributed by atoms with Gasteiger partial charge in [-0.25, -0.2) is 4.98 Å². The fourth-order valence-corrected chi connectivity index (χ4v) is 3.88. The number of aromatic nitrogens is 3. The summed E-state index contributed by atoms with van der Waals surface area (Å²) in [6.45, 7) is 7.13. The van der Waals surface area contributed by atoms with Crippen molar-refractivity contribution in [1.29, 1.82) is 0 Å². The highest BCUT2D eigenvalue weighted by Crippen LogP contribution is 2.31. The number of benzene rings is 2. The number of rotatable bonds is 8. The third-order valence-electron chi connectivity index (χ3n) is 5.61. The first kappa shape index (κ1) is 21.7. The van der Waals surface area contributed by atoms with Crippen LogP contribution in [0.5, 0.6) is 11.5 Å². The molecule has 4 aromatic rings. The Morgan fingerprint density at radius 3 is 2.41 bits per heavy atom. The summed E-state index contributed by atoms with van der Waals surface area (Å²) >= 11 is 0. The molecule has 0 bridgehead atoms. The molecule has 6 heteroatoms. The molecule has 0 aliphatic heterocycles. The molecule has 0 unspecified atom stereocenters. The number of hydrogen-bond acceptors (Lipinski definition) is 5. The predicted molar refractivity (Wildman–Crippen MR) is 129 cm³/mol. The molecular weight excluding hydrogens is 400 g/mol. The van der Waals surface area contributed by atoms with Crippen molar-refractivity contribution in [3.63, 3.8) is 0 Å². The zero-order chi connectivity index (χ0) is 22.7. The molecule has 0 fully saturated rings. The third-order valence-corrected chi connectivity index (χ3v) is 5.61. The molecule has 0 aliphatic rings. The van der Waals surface area contributed by atoms with Crippen molar-refractivity contribution in [3.05, 3.63) is 71.5 Å². The molecule has 32 heavy (non-hydrogen) atoms. The maximum atomic E-state index is 5.43.